The van der Waals surface area contributed by atoms with Crippen LogP contribution in [0.3, 0.4) is 0 Å². The van der Waals surface area contributed by atoms with Crippen LogP contribution in [0.2, 0.25) is 0 Å². The highest BCUT2D eigenvalue weighted by Gasteiger charge is 2.22. The molecule has 0 spiro atoms. The molecule has 0 aromatic carbocycles. The Morgan fingerprint density at radius 1 is 1.32 bits per heavy atom. The van der Waals surface area contributed by atoms with Gasteiger partial charge >= 0.3 is 0 Å². The molecule has 0 radical (unpaired) electrons. The first-order valence-electron chi connectivity index (χ1n) is 5.70. The highest BCUT2D eigenvalue weighted by Crippen LogP contribution is 2.28. The third-order valence-corrected chi connectivity index (χ3v) is 2.72. The van der Waals surface area contributed by atoms with Crippen molar-refractivity contribution >= 4 is 0 Å². The van der Waals surface area contributed by atoms with E-state index in [-0.39, 0.29) is 5.88 Å². The van der Waals surface area contributed by atoms with Crippen LogP contribution < -0.4 is 9.47 Å². The Labute approximate surface area is 110 Å². The molecule has 1 N–H and O–H groups in total. The van der Waals surface area contributed by atoms with Crippen LogP contribution in [0.25, 0.3) is 0 Å². The van der Waals surface area contributed by atoms with Gasteiger partial charge in [0.05, 0.1) is 31.8 Å². The molecule has 7 heteroatoms. The maximum atomic E-state index is 10.4. The van der Waals surface area contributed by atoms with Crippen molar-refractivity contribution in [2.45, 2.75) is 13.0 Å². The largest absolute Gasteiger partial charge is 0.480 e. The fourth-order valence-corrected chi connectivity index (χ4v) is 1.83. The maximum absolute atomic E-state index is 10.4. The van der Waals surface area contributed by atoms with Crippen molar-refractivity contribution in [1.29, 1.82) is 0 Å². The molecule has 2 heterocycles. The second-order valence-corrected chi connectivity index (χ2v) is 4.04. The van der Waals surface area contributed by atoms with Crippen LogP contribution in [0, 0.1) is 6.92 Å². The van der Waals surface area contributed by atoms with Crippen molar-refractivity contribution in [1.82, 2.24) is 19.7 Å². The van der Waals surface area contributed by atoms with Crippen molar-refractivity contribution < 1.29 is 14.6 Å². The average Bonchev–Trinajstić information content (AvgIpc) is 2.76. The summed E-state index contributed by atoms with van der Waals surface area (Å²) in [6, 6.07) is 1.79. The van der Waals surface area contributed by atoms with Crippen LogP contribution in [0.1, 0.15) is 23.2 Å². The summed E-state index contributed by atoms with van der Waals surface area (Å²) in [5, 5.41) is 14.6. The minimum atomic E-state index is -0.959. The molecule has 2 aromatic heterocycles. The number of aliphatic hydroxyl groups excluding tert-OH is 1. The van der Waals surface area contributed by atoms with E-state index in [4.69, 9.17) is 9.47 Å². The Morgan fingerprint density at radius 3 is 2.58 bits per heavy atom. The van der Waals surface area contributed by atoms with Gasteiger partial charge in [0.25, 0.3) is 0 Å². The first kappa shape index (κ1) is 13.3. The van der Waals surface area contributed by atoms with E-state index in [0.29, 0.717) is 17.3 Å². The maximum Gasteiger partial charge on any atom is 0.241 e. The topological polar surface area (TPSA) is 82.3 Å². The molecule has 0 fully saturated rings. The van der Waals surface area contributed by atoms with E-state index in [2.05, 4.69) is 15.1 Å². The minimum absolute atomic E-state index is 0.228. The van der Waals surface area contributed by atoms with Crippen LogP contribution in [-0.4, -0.2) is 39.1 Å². The van der Waals surface area contributed by atoms with Crippen molar-refractivity contribution in [3.8, 4) is 11.8 Å². The smallest absolute Gasteiger partial charge is 0.241 e. The molecule has 0 amide bonds. The number of ether oxygens (including phenoxy) is 2. The van der Waals surface area contributed by atoms with Gasteiger partial charge in [-0.3, -0.25) is 4.68 Å². The molecular formula is C12H16N4O3. The van der Waals surface area contributed by atoms with Gasteiger partial charge in [0.2, 0.25) is 11.8 Å². The van der Waals surface area contributed by atoms with Crippen molar-refractivity contribution in [3.63, 3.8) is 0 Å². The second-order valence-electron chi connectivity index (χ2n) is 4.04. The number of hydrogen-bond acceptors (Lipinski definition) is 6. The van der Waals surface area contributed by atoms with E-state index < -0.39 is 6.10 Å². The van der Waals surface area contributed by atoms with Crippen molar-refractivity contribution in [2.75, 3.05) is 14.2 Å². The SMILES string of the molecule is COc1cnc(C(O)c2cc(C)nn2C)c(OC)n1. The number of methoxy groups -OCH3 is 2. The number of aryl methyl sites for hydroxylation is 2. The summed E-state index contributed by atoms with van der Waals surface area (Å²) in [4.78, 5) is 8.24. The van der Waals surface area contributed by atoms with Gasteiger partial charge in [0.15, 0.2) is 0 Å². The van der Waals surface area contributed by atoms with Crippen LogP contribution >= 0.6 is 0 Å². The summed E-state index contributed by atoms with van der Waals surface area (Å²) in [6.07, 6.45) is 0.476. The van der Waals surface area contributed by atoms with Gasteiger partial charge in [-0.2, -0.15) is 10.1 Å². The Balaban J connectivity index is 2.43. The third-order valence-electron chi connectivity index (χ3n) is 2.72. The fourth-order valence-electron chi connectivity index (χ4n) is 1.83. The molecule has 19 heavy (non-hydrogen) atoms. The molecule has 2 rings (SSSR count). The second kappa shape index (κ2) is 5.23. The van der Waals surface area contributed by atoms with Gasteiger partial charge in [-0.05, 0) is 13.0 Å². The van der Waals surface area contributed by atoms with Crippen LogP contribution in [-0.2, 0) is 7.05 Å². The molecule has 0 aliphatic carbocycles. The van der Waals surface area contributed by atoms with Crippen molar-refractivity contribution in [2.24, 2.45) is 7.05 Å². The molecule has 102 valence electrons. The van der Waals surface area contributed by atoms with Gasteiger partial charge in [0, 0.05) is 7.05 Å². The normalized spacial score (nSPS) is 12.3. The van der Waals surface area contributed by atoms with E-state index in [9.17, 15) is 5.11 Å². The van der Waals surface area contributed by atoms with E-state index in [1.165, 1.54) is 20.4 Å². The van der Waals surface area contributed by atoms with Crippen LogP contribution in [0.5, 0.6) is 11.8 Å². The lowest BCUT2D eigenvalue weighted by molar-refractivity contribution is 0.197. The summed E-state index contributed by atoms with van der Waals surface area (Å²) in [5.74, 6) is 0.555. The number of aromatic nitrogens is 4. The van der Waals surface area contributed by atoms with Crippen LogP contribution in [0.15, 0.2) is 12.3 Å². The quantitative estimate of drug-likeness (QED) is 0.871. The average molecular weight is 264 g/mol. The van der Waals surface area contributed by atoms with Crippen LogP contribution in [0.4, 0.5) is 0 Å². The van der Waals surface area contributed by atoms with E-state index in [0.717, 1.165) is 5.69 Å². The number of hydrogen-bond donors (Lipinski definition) is 1. The zero-order valence-electron chi connectivity index (χ0n) is 11.3. The highest BCUT2D eigenvalue weighted by atomic mass is 16.5. The molecule has 0 saturated carbocycles. The Morgan fingerprint density at radius 2 is 2.05 bits per heavy atom. The standard InChI is InChI=1S/C12H16N4O3/c1-7-5-8(16(2)15-7)11(17)10-12(19-4)14-9(18-3)6-13-10/h5-6,11,17H,1-4H3. The number of rotatable bonds is 4. The monoisotopic (exact) mass is 264 g/mol. The molecule has 1 atom stereocenters. The first-order chi connectivity index (χ1) is 9.06. The summed E-state index contributed by atoms with van der Waals surface area (Å²) in [6.45, 7) is 1.85. The highest BCUT2D eigenvalue weighted by molar-refractivity contribution is 5.30. The molecule has 7 nitrogen and oxygen atoms in total. The fraction of sp³-hybridized carbons (Fsp3) is 0.417. The molecule has 0 bridgehead atoms. The summed E-state index contributed by atoms with van der Waals surface area (Å²) in [5.41, 5.74) is 1.76. The molecule has 2 aromatic rings. The third kappa shape index (κ3) is 2.50. The summed E-state index contributed by atoms with van der Waals surface area (Å²) < 4.78 is 11.7. The van der Waals surface area contributed by atoms with Gasteiger partial charge in [-0.15, -0.1) is 0 Å². The first-order valence-corrected chi connectivity index (χ1v) is 5.70. The minimum Gasteiger partial charge on any atom is -0.480 e. The lowest BCUT2D eigenvalue weighted by Gasteiger charge is -2.13. The zero-order valence-corrected chi connectivity index (χ0v) is 11.3. The van der Waals surface area contributed by atoms with Gasteiger partial charge in [-0.1, -0.05) is 0 Å². The molecule has 0 saturated heterocycles. The Bertz CT molecular complexity index is 582. The van der Waals surface area contributed by atoms with Gasteiger partial charge in [-0.25, -0.2) is 4.98 Å². The number of aliphatic hydroxyl groups is 1. The van der Waals surface area contributed by atoms with E-state index in [1.807, 2.05) is 6.92 Å². The van der Waals surface area contributed by atoms with Crippen molar-refractivity contribution in [3.05, 3.63) is 29.3 Å². The lowest BCUT2D eigenvalue weighted by Crippen LogP contribution is -2.11. The Hall–Kier alpha value is -2.15. The summed E-state index contributed by atoms with van der Waals surface area (Å²) in [7, 11) is 4.72. The van der Waals surface area contributed by atoms with Gasteiger partial charge in [0.1, 0.15) is 11.8 Å². The molecular weight excluding hydrogens is 248 g/mol. The van der Waals surface area contributed by atoms with E-state index >= 15 is 0 Å². The number of nitrogens with zero attached hydrogens (tertiary/aromatic N) is 4. The molecule has 0 aliphatic rings. The lowest BCUT2D eigenvalue weighted by atomic mass is 10.2. The molecule has 0 aliphatic heterocycles. The zero-order chi connectivity index (χ0) is 14.0. The van der Waals surface area contributed by atoms with E-state index in [1.54, 1.807) is 17.8 Å². The summed E-state index contributed by atoms with van der Waals surface area (Å²) >= 11 is 0. The predicted molar refractivity (Wildman–Crippen MR) is 67.1 cm³/mol. The predicted octanol–water partition coefficient (Wildman–Crippen LogP) is 0.617. The Kier molecular flexibility index (Phi) is 3.66. The van der Waals surface area contributed by atoms with Gasteiger partial charge < -0.3 is 14.6 Å². The molecule has 1 unspecified atom stereocenters.